The fourth-order valence-electron chi connectivity index (χ4n) is 4.69. The number of fused-ring (bicyclic) bond motifs is 3. The van der Waals surface area contributed by atoms with Crippen LogP contribution in [0.25, 0.3) is 5.65 Å². The van der Waals surface area contributed by atoms with Crippen LogP contribution in [0.4, 0.5) is 17.3 Å². The molecule has 1 amide bonds. The molecule has 3 atom stereocenters. The number of carbonyl (C=O) groups is 1. The molecule has 0 radical (unpaired) electrons. The molecule has 180 valence electrons. The average molecular weight is 475 g/mol. The van der Waals surface area contributed by atoms with Gasteiger partial charge < -0.3 is 30.7 Å². The van der Waals surface area contributed by atoms with Gasteiger partial charge in [0.2, 0.25) is 0 Å². The molecule has 3 aliphatic rings. The fraction of sp³-hybridized carbons (Fsp3) is 0.333. The molecule has 6 rings (SSSR count). The van der Waals surface area contributed by atoms with E-state index in [1.54, 1.807) is 41.2 Å². The first-order valence-electron chi connectivity index (χ1n) is 11.6. The number of aliphatic hydroxyl groups excluding tert-OH is 1. The number of carbonyl (C=O) groups excluding carboxylic acids is 1. The highest BCUT2D eigenvalue weighted by molar-refractivity contribution is 5.94. The zero-order valence-electron chi connectivity index (χ0n) is 19.2. The predicted octanol–water partition coefficient (Wildman–Crippen LogP) is 1.65. The minimum atomic E-state index is -0.979. The van der Waals surface area contributed by atoms with E-state index in [1.165, 1.54) is 0 Å². The number of ether oxygens (including phenoxy) is 1. The number of amides is 1. The lowest BCUT2D eigenvalue weighted by molar-refractivity contribution is 0.00718. The molecule has 0 spiro atoms. The number of hydrogen-bond donors (Lipinski definition) is 4. The molecule has 3 aromatic rings. The normalized spacial score (nSPS) is 22.9. The number of anilines is 3. The van der Waals surface area contributed by atoms with Crippen LogP contribution in [-0.2, 0) is 11.2 Å². The van der Waals surface area contributed by atoms with Gasteiger partial charge in [0.1, 0.15) is 5.82 Å². The summed E-state index contributed by atoms with van der Waals surface area (Å²) < 4.78 is 6.96. The number of pyridine rings is 1. The molecule has 11 nitrogen and oxygen atoms in total. The quantitative estimate of drug-likeness (QED) is 0.421. The van der Waals surface area contributed by atoms with E-state index < -0.39 is 6.23 Å². The highest BCUT2D eigenvalue weighted by Gasteiger charge is 2.33. The minimum absolute atomic E-state index is 0.0184. The molecule has 0 aromatic carbocycles. The average Bonchev–Trinajstić information content (AvgIpc) is 3.51. The van der Waals surface area contributed by atoms with Gasteiger partial charge in [-0.2, -0.15) is 0 Å². The Bertz CT molecular complexity index is 1330. The molecule has 0 bridgehead atoms. The molecule has 1 fully saturated rings. The van der Waals surface area contributed by atoms with Crippen LogP contribution in [-0.4, -0.2) is 62.6 Å². The second kappa shape index (κ2) is 8.67. The van der Waals surface area contributed by atoms with Crippen molar-refractivity contribution < 1.29 is 14.6 Å². The van der Waals surface area contributed by atoms with Crippen molar-refractivity contribution in [3.8, 4) is 0 Å². The van der Waals surface area contributed by atoms with E-state index in [9.17, 15) is 9.90 Å². The van der Waals surface area contributed by atoms with Gasteiger partial charge in [0.25, 0.3) is 5.91 Å². The molecule has 11 heteroatoms. The van der Waals surface area contributed by atoms with E-state index in [1.807, 2.05) is 24.3 Å². The zero-order chi connectivity index (χ0) is 23.9. The number of aromatic nitrogens is 4. The van der Waals surface area contributed by atoms with Gasteiger partial charge in [0.05, 0.1) is 29.7 Å². The van der Waals surface area contributed by atoms with Crippen molar-refractivity contribution in [3.05, 3.63) is 65.9 Å². The second-order valence-corrected chi connectivity index (χ2v) is 8.75. The van der Waals surface area contributed by atoms with Gasteiger partial charge >= 0.3 is 0 Å². The maximum Gasteiger partial charge on any atom is 0.271 e. The third kappa shape index (κ3) is 3.69. The summed E-state index contributed by atoms with van der Waals surface area (Å²) >= 11 is 0. The van der Waals surface area contributed by atoms with Crippen LogP contribution in [0, 0.1) is 0 Å². The molecule has 3 aromatic heterocycles. The highest BCUT2D eigenvalue weighted by Crippen LogP contribution is 2.33. The van der Waals surface area contributed by atoms with E-state index in [4.69, 9.17) is 9.84 Å². The van der Waals surface area contributed by atoms with Crippen molar-refractivity contribution in [3.63, 3.8) is 0 Å². The lowest BCUT2D eigenvalue weighted by Gasteiger charge is -2.35. The SMILES string of the molecule is CO[C@@H]1CC[C@H]1NC(=O)c1cnc2c3c(c(NC4=CC=CN(c5ccccn5)C4O)nn12)CCN3. The highest BCUT2D eigenvalue weighted by atomic mass is 16.5. The molecular formula is C24H26N8O3. The molecule has 5 heterocycles. The number of rotatable bonds is 6. The van der Waals surface area contributed by atoms with Gasteiger partial charge in [-0.25, -0.2) is 14.5 Å². The third-order valence-corrected chi connectivity index (χ3v) is 6.73. The van der Waals surface area contributed by atoms with Crippen LogP contribution in [0.2, 0.25) is 0 Å². The van der Waals surface area contributed by atoms with Gasteiger partial charge in [-0.05, 0) is 43.5 Å². The monoisotopic (exact) mass is 474 g/mol. The van der Waals surface area contributed by atoms with Gasteiger partial charge in [-0.15, -0.1) is 5.10 Å². The summed E-state index contributed by atoms with van der Waals surface area (Å²) in [6.07, 6.45) is 10.2. The zero-order valence-corrected chi connectivity index (χ0v) is 19.2. The second-order valence-electron chi connectivity index (χ2n) is 8.75. The Morgan fingerprint density at radius 1 is 1.29 bits per heavy atom. The minimum Gasteiger partial charge on any atom is -0.381 e. The smallest absolute Gasteiger partial charge is 0.271 e. The number of methoxy groups -OCH3 is 1. The maximum atomic E-state index is 13.1. The Morgan fingerprint density at radius 2 is 2.20 bits per heavy atom. The van der Waals surface area contributed by atoms with Gasteiger partial charge in [0, 0.05) is 31.6 Å². The van der Waals surface area contributed by atoms with Crippen molar-refractivity contribution in [1.82, 2.24) is 24.9 Å². The van der Waals surface area contributed by atoms with Crippen molar-refractivity contribution in [2.75, 3.05) is 29.2 Å². The van der Waals surface area contributed by atoms with E-state index in [0.717, 1.165) is 37.1 Å². The number of aliphatic hydroxyl groups is 1. The maximum absolute atomic E-state index is 13.1. The Morgan fingerprint density at radius 3 is 2.97 bits per heavy atom. The predicted molar refractivity (Wildman–Crippen MR) is 130 cm³/mol. The van der Waals surface area contributed by atoms with Crippen molar-refractivity contribution in [2.45, 2.75) is 37.6 Å². The van der Waals surface area contributed by atoms with Crippen LogP contribution >= 0.6 is 0 Å². The molecule has 0 saturated heterocycles. The van der Waals surface area contributed by atoms with Crippen LogP contribution in [0.1, 0.15) is 28.9 Å². The molecular weight excluding hydrogens is 448 g/mol. The summed E-state index contributed by atoms with van der Waals surface area (Å²) in [5.74, 6) is 0.934. The topological polar surface area (TPSA) is 129 Å². The lowest BCUT2D eigenvalue weighted by Crippen LogP contribution is -2.51. The van der Waals surface area contributed by atoms with Gasteiger partial charge in [0.15, 0.2) is 23.4 Å². The number of nitrogens with one attached hydrogen (secondary N) is 3. The van der Waals surface area contributed by atoms with Crippen molar-refractivity contribution >= 4 is 28.9 Å². The fourth-order valence-corrected chi connectivity index (χ4v) is 4.69. The van der Waals surface area contributed by atoms with Crippen LogP contribution in [0.3, 0.4) is 0 Å². The number of imidazole rings is 1. The molecule has 4 N–H and O–H groups in total. The van der Waals surface area contributed by atoms with Crippen LogP contribution in [0.5, 0.6) is 0 Å². The van der Waals surface area contributed by atoms with Crippen LogP contribution < -0.4 is 20.9 Å². The Labute approximate surface area is 201 Å². The van der Waals surface area contributed by atoms with Crippen molar-refractivity contribution in [1.29, 1.82) is 0 Å². The molecule has 2 aliphatic heterocycles. The summed E-state index contributed by atoms with van der Waals surface area (Å²) in [7, 11) is 1.66. The van der Waals surface area contributed by atoms with E-state index >= 15 is 0 Å². The number of hydrogen-bond acceptors (Lipinski definition) is 9. The van der Waals surface area contributed by atoms with E-state index in [-0.39, 0.29) is 18.1 Å². The first kappa shape index (κ1) is 21.6. The molecule has 1 unspecified atom stereocenters. The largest absolute Gasteiger partial charge is 0.381 e. The number of nitrogens with zero attached hydrogens (tertiary/aromatic N) is 5. The Hall–Kier alpha value is -3.96. The summed E-state index contributed by atoms with van der Waals surface area (Å²) in [5, 5.41) is 25.5. The summed E-state index contributed by atoms with van der Waals surface area (Å²) in [4.78, 5) is 23.5. The first-order chi connectivity index (χ1) is 17.1. The number of allylic oxidation sites excluding steroid dienone is 2. The van der Waals surface area contributed by atoms with Crippen LogP contribution in [0.15, 0.2) is 54.6 Å². The third-order valence-electron chi connectivity index (χ3n) is 6.73. The van der Waals surface area contributed by atoms with Crippen molar-refractivity contribution in [2.24, 2.45) is 0 Å². The Balaban J connectivity index is 1.31. The standard InChI is InChI=1S/C24H26N8O3/c1-35-18-8-7-15(18)29-23(33)17-13-27-22-20-14(9-11-26-20)21(30-32(17)22)28-16-5-4-12-31(24(16)34)19-6-2-3-10-25-19/h2-6,10,12-13,15,18,24,26,34H,7-9,11H2,1H3,(H,28,30)(H,29,33)/t15-,18-,24?/m1/s1. The van der Waals surface area contributed by atoms with Gasteiger partial charge in [-0.3, -0.25) is 4.79 Å². The lowest BCUT2D eigenvalue weighted by atomic mass is 9.89. The molecule has 1 aliphatic carbocycles. The summed E-state index contributed by atoms with van der Waals surface area (Å²) in [5.41, 5.74) is 3.28. The summed E-state index contributed by atoms with van der Waals surface area (Å²) in [6.45, 7) is 0.735. The van der Waals surface area contributed by atoms with Gasteiger partial charge in [-0.1, -0.05) is 6.07 Å². The Kier molecular flexibility index (Phi) is 5.34. The van der Waals surface area contributed by atoms with E-state index in [0.29, 0.717) is 28.7 Å². The molecule has 1 saturated carbocycles. The first-order valence-corrected chi connectivity index (χ1v) is 11.6. The molecule has 35 heavy (non-hydrogen) atoms. The summed E-state index contributed by atoms with van der Waals surface area (Å²) in [6, 6.07) is 5.50. The van der Waals surface area contributed by atoms with E-state index in [2.05, 4.69) is 25.9 Å².